The van der Waals surface area contributed by atoms with E-state index in [2.05, 4.69) is 5.32 Å². The lowest BCUT2D eigenvalue weighted by Crippen LogP contribution is -2.25. The topological polar surface area (TPSA) is 81.7 Å². The zero-order valence-corrected chi connectivity index (χ0v) is 17.3. The lowest BCUT2D eigenvalue weighted by molar-refractivity contribution is -0.137. The van der Waals surface area contributed by atoms with E-state index in [1.165, 1.54) is 14.0 Å². The maximum Gasteiger partial charge on any atom is 0.334 e. The Morgan fingerprint density at radius 3 is 2.62 bits per heavy atom. The molecule has 2 aliphatic carbocycles. The average molecular weight is 397 g/mol. The summed E-state index contributed by atoms with van der Waals surface area (Å²) in [5, 5.41) is 2.95. The fourth-order valence-electron chi connectivity index (χ4n) is 4.58. The summed E-state index contributed by atoms with van der Waals surface area (Å²) in [6.45, 7) is 5.80. The van der Waals surface area contributed by atoms with Crippen molar-refractivity contribution in [1.82, 2.24) is 0 Å². The van der Waals surface area contributed by atoms with Gasteiger partial charge >= 0.3 is 5.97 Å². The average Bonchev–Trinajstić information content (AvgIpc) is 3.35. The van der Waals surface area contributed by atoms with Crippen molar-refractivity contribution in [1.29, 1.82) is 0 Å². The largest absolute Gasteiger partial charge is 0.492 e. The molecule has 154 valence electrons. The van der Waals surface area contributed by atoms with Crippen LogP contribution in [-0.4, -0.2) is 31.4 Å². The Bertz CT molecular complexity index is 901. The SMILES string of the molecule is CCOc1ccc(C(C)=O)cc1NC(=O)C1C(CC)C12CC=CC=C2C(=O)OC. The molecule has 6 nitrogen and oxygen atoms in total. The van der Waals surface area contributed by atoms with Crippen molar-refractivity contribution in [2.75, 3.05) is 19.0 Å². The minimum Gasteiger partial charge on any atom is -0.492 e. The van der Waals surface area contributed by atoms with E-state index in [4.69, 9.17) is 9.47 Å². The summed E-state index contributed by atoms with van der Waals surface area (Å²) in [6, 6.07) is 5.01. The highest BCUT2D eigenvalue weighted by atomic mass is 16.5. The molecule has 29 heavy (non-hydrogen) atoms. The number of hydrogen-bond acceptors (Lipinski definition) is 5. The zero-order chi connectivity index (χ0) is 21.2. The van der Waals surface area contributed by atoms with E-state index in [1.807, 2.05) is 26.0 Å². The van der Waals surface area contributed by atoms with E-state index < -0.39 is 11.4 Å². The minimum atomic E-state index is -0.537. The number of esters is 1. The predicted octanol–water partition coefficient (Wildman–Crippen LogP) is 3.93. The number of amides is 1. The monoisotopic (exact) mass is 397 g/mol. The number of ketones is 1. The summed E-state index contributed by atoms with van der Waals surface area (Å²) < 4.78 is 10.6. The Balaban J connectivity index is 1.90. The molecule has 1 aromatic carbocycles. The molecule has 3 atom stereocenters. The molecule has 1 aromatic rings. The van der Waals surface area contributed by atoms with E-state index >= 15 is 0 Å². The Kier molecular flexibility index (Phi) is 5.91. The smallest absolute Gasteiger partial charge is 0.334 e. The lowest BCUT2D eigenvalue weighted by atomic mass is 9.83. The molecular formula is C23H27NO5. The number of hydrogen-bond donors (Lipinski definition) is 1. The Hall–Kier alpha value is -2.89. The summed E-state index contributed by atoms with van der Waals surface area (Å²) in [7, 11) is 1.36. The molecule has 1 saturated carbocycles. The summed E-state index contributed by atoms with van der Waals surface area (Å²) in [5.74, 6) is -0.449. The van der Waals surface area contributed by atoms with Gasteiger partial charge in [0.1, 0.15) is 5.75 Å². The molecule has 0 bridgehead atoms. The Labute approximate surface area is 171 Å². The third kappa shape index (κ3) is 3.59. The van der Waals surface area contributed by atoms with E-state index in [0.717, 1.165) is 6.42 Å². The van der Waals surface area contributed by atoms with Crippen LogP contribution in [-0.2, 0) is 14.3 Å². The second-order valence-electron chi connectivity index (χ2n) is 7.43. The van der Waals surface area contributed by atoms with Crippen LogP contribution in [0.4, 0.5) is 5.69 Å². The van der Waals surface area contributed by atoms with Crippen LogP contribution in [0, 0.1) is 17.3 Å². The number of rotatable bonds is 7. The van der Waals surface area contributed by atoms with E-state index in [0.29, 0.717) is 35.6 Å². The van der Waals surface area contributed by atoms with Crippen LogP contribution in [0.25, 0.3) is 0 Å². The van der Waals surface area contributed by atoms with Crippen molar-refractivity contribution in [2.24, 2.45) is 17.3 Å². The van der Waals surface area contributed by atoms with Gasteiger partial charge in [0.25, 0.3) is 0 Å². The van der Waals surface area contributed by atoms with Gasteiger partial charge in [0.05, 0.1) is 25.3 Å². The third-order valence-electron chi connectivity index (χ3n) is 5.94. The first kappa shape index (κ1) is 20.8. The predicted molar refractivity (Wildman–Crippen MR) is 110 cm³/mol. The first-order valence-electron chi connectivity index (χ1n) is 9.94. The van der Waals surface area contributed by atoms with Crippen molar-refractivity contribution in [3.8, 4) is 5.75 Å². The molecule has 2 aliphatic rings. The zero-order valence-electron chi connectivity index (χ0n) is 17.3. The number of anilines is 1. The maximum atomic E-state index is 13.3. The van der Waals surface area contributed by atoms with Gasteiger partial charge in [-0.2, -0.15) is 0 Å². The molecule has 1 N–H and O–H groups in total. The number of nitrogens with one attached hydrogen (secondary N) is 1. The van der Waals surface area contributed by atoms with Gasteiger partial charge in [-0.15, -0.1) is 0 Å². The molecule has 1 spiro atoms. The molecule has 0 heterocycles. The van der Waals surface area contributed by atoms with Gasteiger partial charge in [-0.3, -0.25) is 9.59 Å². The first-order valence-corrected chi connectivity index (χ1v) is 9.94. The summed E-state index contributed by atoms with van der Waals surface area (Å²) >= 11 is 0. The van der Waals surface area contributed by atoms with Crippen LogP contribution in [0.3, 0.4) is 0 Å². The molecule has 0 aromatic heterocycles. The molecule has 0 radical (unpaired) electrons. The number of Topliss-reactive ketones (excluding diaryl/α,β-unsaturated/α-hetero) is 1. The van der Waals surface area contributed by atoms with Gasteiger partial charge in [0.15, 0.2) is 5.78 Å². The van der Waals surface area contributed by atoms with Gasteiger partial charge < -0.3 is 14.8 Å². The molecule has 1 fully saturated rings. The van der Waals surface area contributed by atoms with E-state index in [9.17, 15) is 14.4 Å². The lowest BCUT2D eigenvalue weighted by Gasteiger charge is -2.21. The number of benzene rings is 1. The standard InChI is InChI=1S/C23H27NO5/c1-5-16-20(23(16)12-8-7-9-17(23)22(27)28-4)21(26)24-18-13-15(14(3)25)10-11-19(18)29-6-2/h7-11,13,16,20H,5-6,12H2,1-4H3,(H,24,26). The summed E-state index contributed by atoms with van der Waals surface area (Å²) in [6.07, 6.45) is 6.97. The molecule has 0 aliphatic heterocycles. The number of ether oxygens (including phenoxy) is 2. The number of methoxy groups -OCH3 is 1. The fraction of sp³-hybridized carbons (Fsp3) is 0.435. The van der Waals surface area contributed by atoms with Crippen molar-refractivity contribution in [3.05, 3.63) is 47.6 Å². The quantitative estimate of drug-likeness (QED) is 0.557. The van der Waals surface area contributed by atoms with Crippen molar-refractivity contribution >= 4 is 23.3 Å². The van der Waals surface area contributed by atoms with Crippen LogP contribution in [0.5, 0.6) is 5.75 Å². The summed E-state index contributed by atoms with van der Waals surface area (Å²) in [4.78, 5) is 37.4. The highest BCUT2D eigenvalue weighted by molar-refractivity contribution is 6.02. The van der Waals surface area contributed by atoms with Gasteiger partial charge in [-0.25, -0.2) is 4.79 Å². The van der Waals surface area contributed by atoms with Crippen LogP contribution >= 0.6 is 0 Å². The maximum absolute atomic E-state index is 13.3. The molecule has 6 heteroatoms. The second-order valence-corrected chi connectivity index (χ2v) is 7.43. The van der Waals surface area contributed by atoms with Crippen LogP contribution in [0.2, 0.25) is 0 Å². The summed E-state index contributed by atoms with van der Waals surface area (Å²) in [5.41, 5.74) is 0.982. The van der Waals surface area contributed by atoms with Crippen molar-refractivity contribution < 1.29 is 23.9 Å². The van der Waals surface area contributed by atoms with Crippen LogP contribution in [0.15, 0.2) is 42.0 Å². The van der Waals surface area contributed by atoms with Crippen molar-refractivity contribution in [3.63, 3.8) is 0 Å². The van der Waals surface area contributed by atoms with Crippen LogP contribution < -0.4 is 10.1 Å². The molecule has 0 saturated heterocycles. The fourth-order valence-corrected chi connectivity index (χ4v) is 4.58. The van der Waals surface area contributed by atoms with E-state index in [-0.39, 0.29) is 23.5 Å². The number of carbonyl (C=O) groups is 3. The minimum absolute atomic E-state index is 0.0457. The second kappa shape index (κ2) is 8.23. The molecule has 1 amide bonds. The number of carbonyl (C=O) groups excluding carboxylic acids is 3. The normalized spacial score (nSPS) is 24.6. The van der Waals surface area contributed by atoms with Gasteiger partial charge in [-0.05, 0) is 44.4 Å². The van der Waals surface area contributed by atoms with E-state index in [1.54, 1.807) is 24.3 Å². The molecule has 3 rings (SSSR count). The highest BCUT2D eigenvalue weighted by Gasteiger charge is 2.69. The number of allylic oxidation sites excluding steroid dienone is 3. The Morgan fingerprint density at radius 2 is 2.00 bits per heavy atom. The molecular weight excluding hydrogens is 370 g/mol. The Morgan fingerprint density at radius 1 is 1.24 bits per heavy atom. The third-order valence-corrected chi connectivity index (χ3v) is 5.94. The van der Waals surface area contributed by atoms with Gasteiger partial charge in [-0.1, -0.05) is 31.6 Å². The first-order chi connectivity index (χ1) is 13.9. The van der Waals surface area contributed by atoms with Crippen molar-refractivity contribution in [2.45, 2.75) is 33.6 Å². The van der Waals surface area contributed by atoms with Gasteiger partial charge in [0, 0.05) is 16.6 Å². The highest BCUT2D eigenvalue weighted by Crippen LogP contribution is 2.68. The molecule has 3 unspecified atom stereocenters. The van der Waals surface area contributed by atoms with Crippen LogP contribution in [0.1, 0.15) is 44.0 Å². The van der Waals surface area contributed by atoms with Gasteiger partial charge in [0.2, 0.25) is 5.91 Å².